The van der Waals surface area contributed by atoms with Gasteiger partial charge in [0.15, 0.2) is 11.4 Å². The van der Waals surface area contributed by atoms with Crippen molar-refractivity contribution >= 4 is 33.8 Å². The van der Waals surface area contributed by atoms with Gasteiger partial charge in [-0.15, -0.1) is 0 Å². The Morgan fingerprint density at radius 2 is 1.95 bits per heavy atom. The van der Waals surface area contributed by atoms with Gasteiger partial charge in [0.05, 0.1) is 0 Å². The van der Waals surface area contributed by atoms with Gasteiger partial charge in [0.1, 0.15) is 11.5 Å². The van der Waals surface area contributed by atoms with Gasteiger partial charge in [-0.2, -0.15) is 0 Å². The molecule has 3 nitrogen and oxygen atoms in total. The number of aryl methyl sites for hydroxylation is 1. The van der Waals surface area contributed by atoms with Crippen LogP contribution in [0.1, 0.15) is 47.2 Å². The minimum Gasteiger partial charge on any atom is -0.320 e. The van der Waals surface area contributed by atoms with E-state index in [4.69, 9.17) is 11.6 Å². The zero-order valence-electron chi connectivity index (χ0n) is 12.0. The van der Waals surface area contributed by atoms with E-state index in [2.05, 4.69) is 52.1 Å². The average Bonchev–Trinajstić information content (AvgIpc) is 2.81. The molecular weight excluding hydrogens is 352 g/mol. The number of imidazole rings is 1. The number of carbonyl (C=O) groups excluding carboxylic acids is 1. The molecule has 0 amide bonds. The number of unbranched alkanes of at least 4 members (excludes halogenated alkanes) is 1. The van der Waals surface area contributed by atoms with Crippen LogP contribution in [0, 0.1) is 0 Å². The van der Waals surface area contributed by atoms with Crippen molar-refractivity contribution in [2.75, 3.05) is 0 Å². The molecule has 0 aliphatic carbocycles. The molecule has 21 heavy (non-hydrogen) atoms. The van der Waals surface area contributed by atoms with Gasteiger partial charge < -0.3 is 4.57 Å². The summed E-state index contributed by atoms with van der Waals surface area (Å²) < 4.78 is 1.92. The van der Waals surface area contributed by atoms with E-state index >= 15 is 0 Å². The van der Waals surface area contributed by atoms with Crippen molar-refractivity contribution in [3.8, 4) is 0 Å². The molecule has 0 aliphatic rings. The molecule has 2 aromatic rings. The number of hydrogen-bond donors (Lipinski definition) is 0. The lowest BCUT2D eigenvalue weighted by Gasteiger charge is -2.10. The molecule has 0 N–H and O–H groups in total. The lowest BCUT2D eigenvalue weighted by Crippen LogP contribution is -2.08. The smallest absolute Gasteiger partial charge is 0.169 e. The summed E-state index contributed by atoms with van der Waals surface area (Å²) >= 11 is 9.51. The highest BCUT2D eigenvalue weighted by Gasteiger charge is 2.15. The highest BCUT2D eigenvalue weighted by atomic mass is 79.9. The molecule has 0 spiro atoms. The number of alkyl halides is 1. The van der Waals surface area contributed by atoms with Crippen LogP contribution < -0.4 is 0 Å². The Morgan fingerprint density at radius 1 is 1.29 bits per heavy atom. The molecule has 0 atom stereocenters. The summed E-state index contributed by atoms with van der Waals surface area (Å²) in [7, 11) is 0. The van der Waals surface area contributed by atoms with E-state index in [0.717, 1.165) is 42.3 Å². The molecule has 1 aromatic heterocycles. The van der Waals surface area contributed by atoms with Crippen molar-refractivity contribution in [1.82, 2.24) is 9.55 Å². The molecule has 0 bridgehead atoms. The van der Waals surface area contributed by atoms with Crippen LogP contribution in [0.2, 0.25) is 5.15 Å². The number of aromatic nitrogens is 2. The molecule has 0 saturated carbocycles. The van der Waals surface area contributed by atoms with Crippen molar-refractivity contribution < 1.29 is 4.79 Å². The van der Waals surface area contributed by atoms with Gasteiger partial charge in [0.25, 0.3) is 0 Å². The Labute approximate surface area is 138 Å². The van der Waals surface area contributed by atoms with Crippen LogP contribution in [-0.4, -0.2) is 15.8 Å². The maximum atomic E-state index is 11.3. The Balaban J connectivity index is 2.29. The Kier molecular flexibility index (Phi) is 6.00. The molecule has 1 aromatic carbocycles. The molecule has 0 fully saturated rings. The van der Waals surface area contributed by atoms with E-state index in [1.54, 1.807) is 0 Å². The van der Waals surface area contributed by atoms with Gasteiger partial charge in [0, 0.05) is 18.3 Å². The van der Waals surface area contributed by atoms with Crippen molar-refractivity contribution in [1.29, 1.82) is 0 Å². The third-order valence-electron chi connectivity index (χ3n) is 3.42. The van der Waals surface area contributed by atoms with Crippen molar-refractivity contribution in [3.63, 3.8) is 0 Å². The third kappa shape index (κ3) is 3.95. The fourth-order valence-corrected chi connectivity index (χ4v) is 2.83. The van der Waals surface area contributed by atoms with Gasteiger partial charge in [-0.05, 0) is 17.5 Å². The molecule has 1 heterocycles. The first-order valence-electron chi connectivity index (χ1n) is 7.03. The van der Waals surface area contributed by atoms with Gasteiger partial charge in [-0.3, -0.25) is 4.79 Å². The number of nitrogens with zero attached hydrogens (tertiary/aromatic N) is 2. The monoisotopic (exact) mass is 368 g/mol. The summed E-state index contributed by atoms with van der Waals surface area (Å²) in [5.74, 6) is 0.883. The predicted molar refractivity (Wildman–Crippen MR) is 89.4 cm³/mol. The fourth-order valence-electron chi connectivity index (χ4n) is 2.21. The average molecular weight is 370 g/mol. The molecule has 2 rings (SSSR count). The molecular formula is C16H18BrClN2O. The van der Waals surface area contributed by atoms with Crippen LogP contribution in [0.4, 0.5) is 0 Å². The highest BCUT2D eigenvalue weighted by molar-refractivity contribution is 9.08. The summed E-state index contributed by atoms with van der Waals surface area (Å²) in [5, 5.41) is 1.14. The second kappa shape index (κ2) is 7.76. The Morgan fingerprint density at radius 3 is 2.52 bits per heavy atom. The van der Waals surface area contributed by atoms with E-state index in [1.165, 1.54) is 5.56 Å². The summed E-state index contributed by atoms with van der Waals surface area (Å²) in [5.41, 5.74) is 2.83. The maximum Gasteiger partial charge on any atom is 0.169 e. The number of halogens is 2. The first-order valence-corrected chi connectivity index (χ1v) is 8.53. The van der Waals surface area contributed by atoms with E-state index < -0.39 is 0 Å². The summed E-state index contributed by atoms with van der Waals surface area (Å²) in [6.07, 6.45) is 3.75. The fraction of sp³-hybridized carbons (Fsp3) is 0.375. The van der Waals surface area contributed by atoms with Crippen LogP contribution in [0.3, 0.4) is 0 Å². The second-order valence-corrected chi connectivity index (χ2v) is 5.88. The van der Waals surface area contributed by atoms with Crippen molar-refractivity contribution in [2.45, 2.75) is 38.1 Å². The zero-order valence-corrected chi connectivity index (χ0v) is 14.3. The first kappa shape index (κ1) is 16.2. The molecule has 0 saturated heterocycles. The summed E-state index contributed by atoms with van der Waals surface area (Å²) in [6.45, 7) is 2.75. The number of carbonyl (C=O) groups is 1. The van der Waals surface area contributed by atoms with Crippen molar-refractivity contribution in [2.24, 2.45) is 0 Å². The Hall–Kier alpha value is -1.13. The van der Waals surface area contributed by atoms with Crippen LogP contribution >= 0.6 is 27.5 Å². The molecule has 0 aliphatic heterocycles. The van der Waals surface area contributed by atoms with Crippen LogP contribution in [0.25, 0.3) is 0 Å². The van der Waals surface area contributed by atoms with Gasteiger partial charge in [0.2, 0.25) is 0 Å². The zero-order chi connectivity index (χ0) is 15.2. The quantitative estimate of drug-likeness (QED) is 0.526. The van der Waals surface area contributed by atoms with E-state index in [9.17, 15) is 4.79 Å². The summed E-state index contributed by atoms with van der Waals surface area (Å²) in [4.78, 5) is 15.6. The first-order chi connectivity index (χ1) is 10.2. The molecule has 5 heteroatoms. The van der Waals surface area contributed by atoms with Gasteiger partial charge in [-0.1, -0.05) is 65.1 Å². The van der Waals surface area contributed by atoms with Crippen LogP contribution in [0.15, 0.2) is 24.3 Å². The van der Waals surface area contributed by atoms with E-state index in [0.29, 0.717) is 17.4 Å². The lowest BCUT2D eigenvalue weighted by molar-refractivity contribution is 0.111. The predicted octanol–water partition coefficient (Wildman–Crippen LogP) is 4.63. The lowest BCUT2D eigenvalue weighted by atomic mass is 10.1. The third-order valence-corrected chi connectivity index (χ3v) is 4.35. The number of aldehydes is 1. The van der Waals surface area contributed by atoms with Gasteiger partial charge in [-0.25, -0.2) is 4.98 Å². The van der Waals surface area contributed by atoms with E-state index in [-0.39, 0.29) is 0 Å². The maximum absolute atomic E-state index is 11.3. The number of hydrogen-bond acceptors (Lipinski definition) is 2. The second-order valence-electron chi connectivity index (χ2n) is 4.96. The Bertz CT molecular complexity index is 607. The SMILES string of the molecule is CCCCc1nc(Cl)c(C=O)n1Cc1ccc(CBr)cc1. The van der Waals surface area contributed by atoms with Crippen molar-refractivity contribution in [3.05, 3.63) is 52.1 Å². The summed E-state index contributed by atoms with van der Waals surface area (Å²) in [6, 6.07) is 8.30. The molecule has 112 valence electrons. The highest BCUT2D eigenvalue weighted by Crippen LogP contribution is 2.19. The van der Waals surface area contributed by atoms with Crippen LogP contribution in [-0.2, 0) is 18.3 Å². The normalized spacial score (nSPS) is 10.8. The standard InChI is InChI=1S/C16H18BrClN2O/c1-2-3-4-15-19-16(18)14(11-21)20(15)10-13-7-5-12(9-17)6-8-13/h5-8,11H,2-4,9-10H2,1H3. The number of rotatable bonds is 7. The largest absolute Gasteiger partial charge is 0.320 e. The number of benzene rings is 1. The minimum atomic E-state index is 0.299. The topological polar surface area (TPSA) is 34.9 Å². The van der Waals surface area contributed by atoms with Gasteiger partial charge >= 0.3 is 0 Å². The van der Waals surface area contributed by atoms with Crippen LogP contribution in [0.5, 0.6) is 0 Å². The molecule has 0 radical (unpaired) electrons. The minimum absolute atomic E-state index is 0.299. The molecule has 0 unspecified atom stereocenters. The van der Waals surface area contributed by atoms with E-state index in [1.807, 2.05) is 4.57 Å².